The predicted octanol–water partition coefficient (Wildman–Crippen LogP) is 5.08. The van der Waals surface area contributed by atoms with Crippen LogP contribution in [0.5, 0.6) is 11.5 Å². The van der Waals surface area contributed by atoms with Crippen LogP contribution >= 0.6 is 0 Å². The molecule has 0 saturated carbocycles. The molecule has 0 fully saturated rings. The van der Waals surface area contributed by atoms with Crippen LogP contribution in [-0.2, 0) is 17.6 Å². The summed E-state index contributed by atoms with van der Waals surface area (Å²) in [5.74, 6) is 0.659. The monoisotopic (exact) mass is 404 g/mol. The van der Waals surface area contributed by atoms with E-state index in [2.05, 4.69) is 6.92 Å². The van der Waals surface area contributed by atoms with Gasteiger partial charge in [-0.05, 0) is 67.2 Å². The van der Waals surface area contributed by atoms with Gasteiger partial charge in [-0.25, -0.2) is 9.59 Å². The third-order valence-electron chi connectivity index (χ3n) is 5.22. The summed E-state index contributed by atoms with van der Waals surface area (Å²) in [6.07, 6.45) is 7.78. The summed E-state index contributed by atoms with van der Waals surface area (Å²) in [6, 6.07) is 12.7. The van der Waals surface area contributed by atoms with Crippen molar-refractivity contribution in [1.82, 2.24) is 0 Å². The van der Waals surface area contributed by atoms with Crippen LogP contribution in [-0.4, -0.2) is 12.6 Å². The first-order valence-electron chi connectivity index (χ1n) is 10.4. The first-order chi connectivity index (χ1) is 14.6. The van der Waals surface area contributed by atoms with Crippen molar-refractivity contribution in [2.45, 2.75) is 39.0 Å². The molecule has 0 amide bonds. The number of ether oxygens (including phenoxy) is 2. The van der Waals surface area contributed by atoms with E-state index in [9.17, 15) is 9.59 Å². The Hall–Kier alpha value is -3.34. The lowest BCUT2D eigenvalue weighted by Crippen LogP contribution is -2.07. The molecule has 0 bridgehead atoms. The Morgan fingerprint density at radius 3 is 2.63 bits per heavy atom. The maximum Gasteiger partial charge on any atom is 0.339 e. The SMILES string of the molecule is CCCCOc1ccc(/C=C/C(=O)Oc2ccc3c4c(c(=O)oc3c2)CCC4)cc1. The fourth-order valence-corrected chi connectivity index (χ4v) is 3.65. The highest BCUT2D eigenvalue weighted by Gasteiger charge is 2.19. The second-order valence-electron chi connectivity index (χ2n) is 7.38. The summed E-state index contributed by atoms with van der Waals surface area (Å²) in [5, 5.41) is 0.915. The molecule has 0 atom stereocenters. The Balaban J connectivity index is 1.42. The van der Waals surface area contributed by atoms with Gasteiger partial charge in [0.05, 0.1) is 6.61 Å². The Morgan fingerprint density at radius 1 is 1.07 bits per heavy atom. The van der Waals surface area contributed by atoms with Gasteiger partial charge >= 0.3 is 11.6 Å². The molecule has 0 unspecified atom stereocenters. The third-order valence-corrected chi connectivity index (χ3v) is 5.22. The van der Waals surface area contributed by atoms with E-state index < -0.39 is 5.97 Å². The summed E-state index contributed by atoms with van der Waals surface area (Å²) in [5.41, 5.74) is 2.86. The molecule has 0 radical (unpaired) electrons. The maximum atomic E-state index is 12.2. The fourth-order valence-electron chi connectivity index (χ4n) is 3.65. The highest BCUT2D eigenvalue weighted by Crippen LogP contribution is 2.29. The van der Waals surface area contributed by atoms with Crippen molar-refractivity contribution in [3.05, 3.63) is 75.7 Å². The lowest BCUT2D eigenvalue weighted by molar-refractivity contribution is -0.128. The molecule has 1 aromatic heterocycles. The van der Waals surface area contributed by atoms with E-state index >= 15 is 0 Å². The number of esters is 1. The average molecular weight is 404 g/mol. The van der Waals surface area contributed by atoms with Gasteiger partial charge < -0.3 is 13.9 Å². The average Bonchev–Trinajstić information content (AvgIpc) is 3.24. The number of carbonyl (C=O) groups excluding carboxylic acids is 1. The van der Waals surface area contributed by atoms with E-state index in [0.717, 1.165) is 59.9 Å². The van der Waals surface area contributed by atoms with Crippen LogP contribution in [0, 0.1) is 0 Å². The smallest absolute Gasteiger partial charge is 0.339 e. The number of unbranched alkanes of at least 4 members (excludes halogenated alkanes) is 1. The predicted molar refractivity (Wildman–Crippen MR) is 116 cm³/mol. The molecule has 1 aliphatic carbocycles. The van der Waals surface area contributed by atoms with Crippen LogP contribution < -0.4 is 15.1 Å². The standard InChI is InChI=1S/C25H24O5/c1-2-3-15-28-18-10-7-17(8-11-18)9-14-24(26)29-19-12-13-21-20-5-4-6-22(20)25(27)30-23(21)16-19/h7-14,16H,2-6,15H2,1H3/b14-9+. The van der Waals surface area contributed by atoms with Crippen LogP contribution in [0.3, 0.4) is 0 Å². The molecule has 2 aromatic carbocycles. The van der Waals surface area contributed by atoms with Crippen molar-refractivity contribution in [1.29, 1.82) is 0 Å². The normalized spacial score (nSPS) is 13.0. The summed E-state index contributed by atoms with van der Waals surface area (Å²) in [6.45, 7) is 2.82. The summed E-state index contributed by atoms with van der Waals surface area (Å²) < 4.78 is 16.4. The molecule has 154 valence electrons. The van der Waals surface area contributed by atoms with E-state index in [1.54, 1.807) is 18.2 Å². The van der Waals surface area contributed by atoms with E-state index in [0.29, 0.717) is 17.9 Å². The molecule has 5 nitrogen and oxygen atoms in total. The highest BCUT2D eigenvalue weighted by atomic mass is 16.5. The summed E-state index contributed by atoms with van der Waals surface area (Å²) in [7, 11) is 0. The van der Waals surface area contributed by atoms with E-state index in [1.165, 1.54) is 6.08 Å². The Labute approximate surface area is 174 Å². The van der Waals surface area contributed by atoms with Crippen molar-refractivity contribution in [3.63, 3.8) is 0 Å². The highest BCUT2D eigenvalue weighted by molar-refractivity contribution is 5.90. The zero-order chi connectivity index (χ0) is 20.9. The number of carbonyl (C=O) groups is 1. The number of fused-ring (bicyclic) bond motifs is 3. The lowest BCUT2D eigenvalue weighted by Gasteiger charge is -2.06. The van der Waals surface area contributed by atoms with Crippen molar-refractivity contribution in [2.24, 2.45) is 0 Å². The molecular formula is C25H24O5. The number of hydrogen-bond donors (Lipinski definition) is 0. The molecule has 1 aliphatic rings. The van der Waals surface area contributed by atoms with Gasteiger partial charge in [-0.3, -0.25) is 0 Å². The second kappa shape index (κ2) is 8.99. The van der Waals surface area contributed by atoms with Gasteiger partial charge in [0.2, 0.25) is 0 Å². The van der Waals surface area contributed by atoms with Gasteiger partial charge in [0, 0.05) is 23.1 Å². The molecule has 5 heteroatoms. The van der Waals surface area contributed by atoms with Gasteiger partial charge in [-0.1, -0.05) is 25.5 Å². The van der Waals surface area contributed by atoms with Gasteiger partial charge in [-0.2, -0.15) is 0 Å². The van der Waals surface area contributed by atoms with Crippen molar-refractivity contribution >= 4 is 23.0 Å². The van der Waals surface area contributed by atoms with Crippen LogP contribution in [0.25, 0.3) is 17.0 Å². The van der Waals surface area contributed by atoms with E-state index in [4.69, 9.17) is 13.9 Å². The molecule has 0 aliphatic heterocycles. The Bertz CT molecular complexity index is 1140. The summed E-state index contributed by atoms with van der Waals surface area (Å²) in [4.78, 5) is 24.3. The molecule has 4 rings (SSSR count). The first-order valence-corrected chi connectivity index (χ1v) is 10.4. The molecule has 0 saturated heterocycles. The molecule has 3 aromatic rings. The number of benzene rings is 2. The largest absolute Gasteiger partial charge is 0.494 e. The Kier molecular flexibility index (Phi) is 5.98. The van der Waals surface area contributed by atoms with E-state index in [1.807, 2.05) is 30.3 Å². The third kappa shape index (κ3) is 4.46. The molecule has 1 heterocycles. The molecule has 0 spiro atoms. The maximum absolute atomic E-state index is 12.2. The quantitative estimate of drug-likeness (QED) is 0.181. The molecule has 30 heavy (non-hydrogen) atoms. The van der Waals surface area contributed by atoms with Crippen LogP contribution in [0.2, 0.25) is 0 Å². The van der Waals surface area contributed by atoms with Crippen molar-refractivity contribution in [3.8, 4) is 11.5 Å². The van der Waals surface area contributed by atoms with E-state index in [-0.39, 0.29) is 5.63 Å². The zero-order valence-corrected chi connectivity index (χ0v) is 17.0. The van der Waals surface area contributed by atoms with Crippen LogP contribution in [0.1, 0.15) is 42.9 Å². The lowest BCUT2D eigenvalue weighted by atomic mass is 10.1. The zero-order valence-electron chi connectivity index (χ0n) is 17.0. The number of aryl methyl sites for hydroxylation is 1. The minimum atomic E-state index is -0.499. The van der Waals surface area contributed by atoms with Crippen LogP contribution in [0.4, 0.5) is 0 Å². The van der Waals surface area contributed by atoms with Gasteiger partial charge in [0.25, 0.3) is 0 Å². The molecule has 0 N–H and O–H groups in total. The van der Waals surface area contributed by atoms with Crippen molar-refractivity contribution in [2.75, 3.05) is 6.61 Å². The fraction of sp³-hybridized carbons (Fsp3) is 0.280. The Morgan fingerprint density at radius 2 is 1.83 bits per heavy atom. The van der Waals surface area contributed by atoms with Crippen molar-refractivity contribution < 1.29 is 18.7 Å². The van der Waals surface area contributed by atoms with Gasteiger partial charge in [0.15, 0.2) is 0 Å². The minimum absolute atomic E-state index is 0.291. The first kappa shape index (κ1) is 20.0. The summed E-state index contributed by atoms with van der Waals surface area (Å²) >= 11 is 0. The molecular weight excluding hydrogens is 380 g/mol. The van der Waals surface area contributed by atoms with Crippen LogP contribution in [0.15, 0.2) is 57.8 Å². The number of hydrogen-bond acceptors (Lipinski definition) is 5. The minimum Gasteiger partial charge on any atom is -0.494 e. The van der Waals surface area contributed by atoms with Gasteiger partial charge in [0.1, 0.15) is 17.1 Å². The van der Waals surface area contributed by atoms with Gasteiger partial charge in [-0.15, -0.1) is 0 Å². The number of rotatable bonds is 7. The second-order valence-corrected chi connectivity index (χ2v) is 7.38. The topological polar surface area (TPSA) is 65.7 Å².